The first-order chi connectivity index (χ1) is 13.6. The first-order valence-electron chi connectivity index (χ1n) is 9.42. The Morgan fingerprint density at radius 1 is 1.11 bits per heavy atom. The van der Waals surface area contributed by atoms with Gasteiger partial charge in [0, 0.05) is 17.6 Å². The molecule has 0 spiro atoms. The molecule has 2 atom stereocenters. The minimum Gasteiger partial charge on any atom is -0.452 e. The molecule has 2 aromatic heterocycles. The van der Waals surface area contributed by atoms with Gasteiger partial charge in [-0.25, -0.2) is 0 Å². The highest BCUT2D eigenvalue weighted by Crippen LogP contribution is 2.41. The van der Waals surface area contributed by atoms with Crippen LogP contribution in [0.25, 0.3) is 0 Å². The summed E-state index contributed by atoms with van der Waals surface area (Å²) in [4.78, 5) is 7.95. The van der Waals surface area contributed by atoms with E-state index in [0.29, 0.717) is 5.92 Å². The summed E-state index contributed by atoms with van der Waals surface area (Å²) >= 11 is 7.29. The van der Waals surface area contributed by atoms with Crippen LogP contribution in [-0.2, 0) is 0 Å². The predicted molar refractivity (Wildman–Crippen MR) is 116 cm³/mol. The predicted octanol–water partition coefficient (Wildman–Crippen LogP) is 5.45. The molecule has 144 valence electrons. The minimum absolute atomic E-state index is 0.0186. The zero-order valence-corrected chi connectivity index (χ0v) is 17.5. The van der Waals surface area contributed by atoms with Crippen molar-refractivity contribution in [1.29, 1.82) is 0 Å². The molecule has 0 unspecified atom stereocenters. The number of aromatic nitrogens is 1. The Balaban J connectivity index is 1.65. The zero-order valence-electron chi connectivity index (χ0n) is 15.9. The Bertz CT molecular complexity index is 927. The highest BCUT2D eigenvalue weighted by atomic mass is 32.2. The van der Waals surface area contributed by atoms with E-state index < -0.39 is 0 Å². The fourth-order valence-corrected chi connectivity index (χ4v) is 4.57. The van der Waals surface area contributed by atoms with Gasteiger partial charge in [-0.1, -0.05) is 49.9 Å². The molecule has 1 saturated heterocycles. The van der Waals surface area contributed by atoms with E-state index in [9.17, 15) is 0 Å². The van der Waals surface area contributed by atoms with Crippen molar-refractivity contribution >= 4 is 29.1 Å². The zero-order chi connectivity index (χ0) is 19.5. The summed E-state index contributed by atoms with van der Waals surface area (Å²) in [5.74, 6) is 1.39. The van der Waals surface area contributed by atoms with Crippen LogP contribution in [0.15, 0.2) is 81.3 Å². The summed E-state index contributed by atoms with van der Waals surface area (Å²) in [6, 6.07) is 20.3. The average Bonchev–Trinajstić information content (AvgIpc) is 3.27. The molecule has 1 aromatic carbocycles. The van der Waals surface area contributed by atoms with Gasteiger partial charge < -0.3 is 14.6 Å². The van der Waals surface area contributed by atoms with Crippen LogP contribution in [0.5, 0.6) is 0 Å². The van der Waals surface area contributed by atoms with Crippen LogP contribution < -0.4 is 5.32 Å². The lowest BCUT2D eigenvalue weighted by Gasteiger charge is -2.27. The molecule has 3 aromatic rings. The molecule has 1 aliphatic heterocycles. The average molecular weight is 410 g/mol. The van der Waals surface area contributed by atoms with E-state index in [4.69, 9.17) is 16.6 Å². The highest BCUT2D eigenvalue weighted by molar-refractivity contribution is 7.99. The van der Waals surface area contributed by atoms with Crippen LogP contribution in [0.1, 0.15) is 37.4 Å². The standard InChI is InChI=1S/C22H23N3OS2/c1-15(2)14-25-21(20(24-22(25)27)17-10-6-7-13-23-17)18-11-12-19(26-18)28-16-8-4-3-5-9-16/h3-13,15,20-21H,14H2,1-2H3,(H,24,27)/t20-,21-/m0/s1. The molecule has 0 saturated carbocycles. The van der Waals surface area contributed by atoms with E-state index in [2.05, 4.69) is 47.2 Å². The fourth-order valence-electron chi connectivity index (χ4n) is 3.46. The van der Waals surface area contributed by atoms with Gasteiger partial charge in [0.1, 0.15) is 11.8 Å². The molecule has 0 amide bonds. The van der Waals surface area contributed by atoms with Gasteiger partial charge in [0.25, 0.3) is 0 Å². The molecule has 0 radical (unpaired) electrons. The smallest absolute Gasteiger partial charge is 0.170 e. The van der Waals surface area contributed by atoms with Gasteiger partial charge in [0.05, 0.1) is 11.7 Å². The Kier molecular flexibility index (Phi) is 5.69. The van der Waals surface area contributed by atoms with E-state index in [1.165, 1.54) is 0 Å². The second-order valence-electron chi connectivity index (χ2n) is 7.24. The van der Waals surface area contributed by atoms with Crippen molar-refractivity contribution in [3.63, 3.8) is 0 Å². The second kappa shape index (κ2) is 8.37. The van der Waals surface area contributed by atoms with E-state index in [0.717, 1.165) is 33.1 Å². The molecule has 28 heavy (non-hydrogen) atoms. The van der Waals surface area contributed by atoms with Gasteiger partial charge in [-0.3, -0.25) is 4.98 Å². The SMILES string of the molecule is CC(C)CN1C(=S)N[C@@H](c2ccccn2)[C@@H]1c1ccc(Sc2ccccc2)o1. The minimum atomic E-state index is -0.0341. The summed E-state index contributed by atoms with van der Waals surface area (Å²) in [7, 11) is 0. The maximum absolute atomic E-state index is 6.28. The second-order valence-corrected chi connectivity index (χ2v) is 8.71. The fraction of sp³-hybridized carbons (Fsp3) is 0.273. The number of rotatable bonds is 6. The summed E-state index contributed by atoms with van der Waals surface area (Å²) in [6.45, 7) is 5.26. The van der Waals surface area contributed by atoms with Crippen molar-refractivity contribution < 1.29 is 4.42 Å². The molecule has 6 heteroatoms. The molecule has 1 N–H and O–H groups in total. The third-order valence-corrected chi connectivity index (χ3v) is 5.90. The van der Waals surface area contributed by atoms with Crippen LogP contribution >= 0.6 is 24.0 Å². The third kappa shape index (κ3) is 4.08. The van der Waals surface area contributed by atoms with Gasteiger partial charge in [0.2, 0.25) is 0 Å². The van der Waals surface area contributed by atoms with Gasteiger partial charge >= 0.3 is 0 Å². The summed E-state index contributed by atoms with van der Waals surface area (Å²) in [5, 5.41) is 5.09. The highest BCUT2D eigenvalue weighted by Gasteiger charge is 2.41. The summed E-state index contributed by atoms with van der Waals surface area (Å²) in [5.41, 5.74) is 0.967. The van der Waals surface area contributed by atoms with Crippen LogP contribution in [0.4, 0.5) is 0 Å². The van der Waals surface area contributed by atoms with Crippen LogP contribution in [0.3, 0.4) is 0 Å². The third-order valence-electron chi connectivity index (χ3n) is 4.61. The number of hydrogen-bond acceptors (Lipinski definition) is 4. The maximum Gasteiger partial charge on any atom is 0.170 e. The van der Waals surface area contributed by atoms with Crippen molar-refractivity contribution in [2.45, 2.75) is 35.9 Å². The number of thiocarbonyl (C=S) groups is 1. The number of nitrogens with one attached hydrogen (secondary N) is 1. The van der Waals surface area contributed by atoms with Crippen molar-refractivity contribution in [3.05, 3.63) is 78.3 Å². The molecule has 4 rings (SSSR count). The van der Waals surface area contributed by atoms with E-state index in [-0.39, 0.29) is 12.1 Å². The van der Waals surface area contributed by atoms with Crippen LogP contribution in [0.2, 0.25) is 0 Å². The molecule has 1 fully saturated rings. The lowest BCUT2D eigenvalue weighted by Crippen LogP contribution is -2.32. The van der Waals surface area contributed by atoms with Crippen molar-refractivity contribution in [2.75, 3.05) is 6.54 Å². The number of hydrogen-bond donors (Lipinski definition) is 1. The van der Waals surface area contributed by atoms with Crippen LogP contribution in [0, 0.1) is 5.92 Å². The van der Waals surface area contributed by atoms with E-state index >= 15 is 0 Å². The van der Waals surface area contributed by atoms with Crippen molar-refractivity contribution in [1.82, 2.24) is 15.2 Å². The molecular weight excluding hydrogens is 386 g/mol. The van der Waals surface area contributed by atoms with E-state index in [1.54, 1.807) is 11.8 Å². The Morgan fingerprint density at radius 3 is 2.61 bits per heavy atom. The molecular formula is C22H23N3OS2. The first-order valence-corrected chi connectivity index (χ1v) is 10.6. The van der Waals surface area contributed by atoms with Crippen molar-refractivity contribution in [3.8, 4) is 0 Å². The number of nitrogens with zero attached hydrogens (tertiary/aromatic N) is 2. The normalized spacial score (nSPS) is 19.2. The van der Waals surface area contributed by atoms with Gasteiger partial charge in [-0.2, -0.15) is 0 Å². The Morgan fingerprint density at radius 2 is 1.89 bits per heavy atom. The topological polar surface area (TPSA) is 41.3 Å². The number of pyridine rings is 1. The number of furan rings is 1. The Labute approximate surface area is 175 Å². The summed E-state index contributed by atoms with van der Waals surface area (Å²) in [6.07, 6.45) is 1.82. The van der Waals surface area contributed by atoms with Gasteiger partial charge in [-0.15, -0.1) is 0 Å². The molecule has 0 bridgehead atoms. The lowest BCUT2D eigenvalue weighted by atomic mass is 10.0. The monoisotopic (exact) mass is 409 g/mol. The van der Waals surface area contributed by atoms with Gasteiger partial charge in [0.15, 0.2) is 10.2 Å². The van der Waals surface area contributed by atoms with Gasteiger partial charge in [-0.05, 0) is 54.5 Å². The largest absolute Gasteiger partial charge is 0.452 e. The first kappa shape index (κ1) is 19.0. The van der Waals surface area contributed by atoms with Crippen molar-refractivity contribution in [2.24, 2.45) is 5.92 Å². The number of benzene rings is 1. The quantitative estimate of drug-likeness (QED) is 0.546. The summed E-state index contributed by atoms with van der Waals surface area (Å²) < 4.78 is 6.28. The lowest BCUT2D eigenvalue weighted by molar-refractivity contribution is 0.242. The van der Waals surface area contributed by atoms with Crippen LogP contribution in [-0.4, -0.2) is 21.5 Å². The Hall–Kier alpha value is -2.31. The molecule has 1 aliphatic rings. The molecule has 4 nitrogen and oxygen atoms in total. The molecule has 0 aliphatic carbocycles. The molecule has 3 heterocycles. The maximum atomic E-state index is 6.28. The van der Waals surface area contributed by atoms with E-state index in [1.807, 2.05) is 48.7 Å².